The molecule has 9 nitrogen and oxygen atoms in total. The maximum atomic E-state index is 13.1. The van der Waals surface area contributed by atoms with Crippen LogP contribution in [-0.4, -0.2) is 51.8 Å². The van der Waals surface area contributed by atoms with Gasteiger partial charge in [0.05, 0.1) is 37.6 Å². The molecule has 9 heteroatoms. The van der Waals surface area contributed by atoms with Crippen molar-refractivity contribution in [2.45, 2.75) is 12.1 Å². The van der Waals surface area contributed by atoms with Crippen molar-refractivity contribution in [2.24, 2.45) is 7.05 Å². The average Bonchev–Trinajstić information content (AvgIpc) is 3.44. The van der Waals surface area contributed by atoms with Gasteiger partial charge in [0.2, 0.25) is 0 Å². The van der Waals surface area contributed by atoms with Gasteiger partial charge in [-0.15, -0.1) is 0 Å². The molecule has 1 saturated heterocycles. The van der Waals surface area contributed by atoms with Crippen LogP contribution in [0.4, 0.5) is 0 Å². The third-order valence-electron chi connectivity index (χ3n) is 5.84. The minimum Gasteiger partial charge on any atom is -0.497 e. The molecule has 1 fully saturated rings. The largest absolute Gasteiger partial charge is 0.497 e. The summed E-state index contributed by atoms with van der Waals surface area (Å²) in [6, 6.07) is 17.3. The number of carbonyl (C=O) groups excluding carboxylic acids is 1. The summed E-state index contributed by atoms with van der Waals surface area (Å²) in [6.07, 6.45) is 0. The van der Waals surface area contributed by atoms with Gasteiger partial charge < -0.3 is 14.8 Å². The maximum Gasteiger partial charge on any atom is 0.272 e. The third kappa shape index (κ3) is 3.87. The number of ether oxygens (including phenoxy) is 2. The zero-order valence-corrected chi connectivity index (χ0v) is 18.3. The van der Waals surface area contributed by atoms with Gasteiger partial charge in [-0.3, -0.25) is 14.3 Å². The van der Waals surface area contributed by atoms with Crippen molar-refractivity contribution >= 4 is 16.8 Å². The van der Waals surface area contributed by atoms with E-state index < -0.39 is 12.1 Å². The predicted molar refractivity (Wildman–Crippen MR) is 122 cm³/mol. The molecule has 2 unspecified atom stereocenters. The predicted octanol–water partition coefficient (Wildman–Crippen LogP) is 2.18. The third-order valence-corrected chi connectivity index (χ3v) is 5.84. The number of rotatable bonds is 5. The lowest BCUT2D eigenvalue weighted by Crippen LogP contribution is -2.44. The second-order valence-corrected chi connectivity index (χ2v) is 7.91. The van der Waals surface area contributed by atoms with Crippen LogP contribution in [0.2, 0.25) is 0 Å². The van der Waals surface area contributed by atoms with Gasteiger partial charge in [-0.1, -0.05) is 30.3 Å². The molecule has 168 valence electrons. The van der Waals surface area contributed by atoms with E-state index in [1.165, 1.54) is 10.7 Å². The van der Waals surface area contributed by atoms with Gasteiger partial charge in [0, 0.05) is 24.1 Å². The van der Waals surface area contributed by atoms with Crippen molar-refractivity contribution in [3.05, 3.63) is 76.7 Å². The minimum atomic E-state index is -0.443. The number of carbonyl (C=O) groups is 1. The normalized spacial score (nSPS) is 17.9. The summed E-state index contributed by atoms with van der Waals surface area (Å²) in [6.45, 7) is 0.543. The van der Waals surface area contributed by atoms with Crippen LogP contribution >= 0.6 is 0 Å². The monoisotopic (exact) mass is 445 g/mol. The standard InChI is InChI=1S/C24H23N5O4/c1-28-20-9-4-3-8-17(20)23(27-28)24(31)25-19-13-33-14-21(19)29-22(30)11-10-18(26-29)15-6-5-7-16(12-15)32-2/h3-12,19,21H,13-14H2,1-2H3,(H,25,31). The molecule has 0 bridgehead atoms. The highest BCUT2D eigenvalue weighted by Crippen LogP contribution is 2.24. The molecular weight excluding hydrogens is 422 g/mol. The first-order valence-electron chi connectivity index (χ1n) is 10.6. The molecule has 1 amide bonds. The van der Waals surface area contributed by atoms with Crippen LogP contribution in [0.5, 0.6) is 5.75 Å². The SMILES string of the molecule is COc1cccc(-c2ccc(=O)n(C3COCC3NC(=O)c3nn(C)c4ccccc34)n2)c1. The van der Waals surface area contributed by atoms with Gasteiger partial charge in [0.1, 0.15) is 11.8 Å². The van der Waals surface area contributed by atoms with Crippen LogP contribution in [0.15, 0.2) is 65.5 Å². The van der Waals surface area contributed by atoms with E-state index in [1.807, 2.05) is 48.5 Å². The number of para-hydroxylation sites is 1. The fourth-order valence-electron chi connectivity index (χ4n) is 4.14. The van der Waals surface area contributed by atoms with Gasteiger partial charge in [0.25, 0.3) is 11.5 Å². The molecule has 0 saturated carbocycles. The fourth-order valence-corrected chi connectivity index (χ4v) is 4.14. The van der Waals surface area contributed by atoms with Gasteiger partial charge in [-0.05, 0) is 24.3 Å². The van der Waals surface area contributed by atoms with Gasteiger partial charge in [-0.2, -0.15) is 10.2 Å². The van der Waals surface area contributed by atoms with Crippen LogP contribution in [-0.2, 0) is 11.8 Å². The van der Waals surface area contributed by atoms with E-state index in [1.54, 1.807) is 24.9 Å². The van der Waals surface area contributed by atoms with E-state index in [9.17, 15) is 9.59 Å². The molecule has 1 aliphatic rings. The zero-order valence-electron chi connectivity index (χ0n) is 18.3. The molecule has 5 rings (SSSR count). The molecule has 2 aromatic heterocycles. The lowest BCUT2D eigenvalue weighted by atomic mass is 10.1. The number of nitrogens with one attached hydrogen (secondary N) is 1. The molecule has 4 aromatic rings. The number of fused-ring (bicyclic) bond motifs is 1. The fraction of sp³-hybridized carbons (Fsp3) is 0.250. The highest BCUT2D eigenvalue weighted by atomic mass is 16.5. The number of methoxy groups -OCH3 is 1. The first-order chi connectivity index (χ1) is 16.0. The van der Waals surface area contributed by atoms with Crippen LogP contribution in [0.1, 0.15) is 16.5 Å². The molecule has 2 aromatic carbocycles. The molecule has 0 spiro atoms. The Morgan fingerprint density at radius 1 is 1.09 bits per heavy atom. The summed E-state index contributed by atoms with van der Waals surface area (Å²) in [5, 5.41) is 12.7. The average molecular weight is 445 g/mol. The summed E-state index contributed by atoms with van der Waals surface area (Å²) >= 11 is 0. The highest BCUT2D eigenvalue weighted by Gasteiger charge is 2.33. The topological polar surface area (TPSA) is 100 Å². The van der Waals surface area contributed by atoms with Crippen molar-refractivity contribution in [3.63, 3.8) is 0 Å². The molecule has 1 aliphatic heterocycles. The van der Waals surface area contributed by atoms with Crippen LogP contribution in [0.3, 0.4) is 0 Å². The van der Waals surface area contributed by atoms with Crippen molar-refractivity contribution in [1.82, 2.24) is 24.9 Å². The smallest absolute Gasteiger partial charge is 0.272 e. The Labute approximate surface area is 189 Å². The van der Waals surface area contributed by atoms with Crippen molar-refractivity contribution in [1.29, 1.82) is 0 Å². The first kappa shape index (κ1) is 20.9. The molecule has 0 radical (unpaired) electrons. The molecule has 3 heterocycles. The number of aromatic nitrogens is 4. The lowest BCUT2D eigenvalue weighted by molar-refractivity contribution is 0.0920. The molecule has 33 heavy (non-hydrogen) atoms. The first-order valence-corrected chi connectivity index (χ1v) is 10.6. The second-order valence-electron chi connectivity index (χ2n) is 7.91. The quantitative estimate of drug-likeness (QED) is 0.505. The van der Waals surface area contributed by atoms with E-state index in [2.05, 4.69) is 15.5 Å². The number of nitrogens with zero attached hydrogens (tertiary/aromatic N) is 4. The number of hydrogen-bond donors (Lipinski definition) is 1. The van der Waals surface area contributed by atoms with Gasteiger partial charge in [0.15, 0.2) is 5.69 Å². The summed E-state index contributed by atoms with van der Waals surface area (Å²) in [5.41, 5.74) is 2.39. The van der Waals surface area contributed by atoms with Crippen LogP contribution in [0.25, 0.3) is 22.2 Å². The van der Waals surface area contributed by atoms with E-state index >= 15 is 0 Å². The Morgan fingerprint density at radius 2 is 1.94 bits per heavy atom. The van der Waals surface area contributed by atoms with E-state index in [0.29, 0.717) is 17.1 Å². The summed E-state index contributed by atoms with van der Waals surface area (Å²) in [7, 11) is 3.40. The van der Waals surface area contributed by atoms with Gasteiger partial charge >= 0.3 is 0 Å². The van der Waals surface area contributed by atoms with Gasteiger partial charge in [-0.25, -0.2) is 4.68 Å². The number of amides is 1. The summed E-state index contributed by atoms with van der Waals surface area (Å²) < 4.78 is 14.0. The van der Waals surface area contributed by atoms with Crippen LogP contribution < -0.4 is 15.6 Å². The summed E-state index contributed by atoms with van der Waals surface area (Å²) in [4.78, 5) is 25.8. The molecule has 1 N–H and O–H groups in total. The second kappa shape index (κ2) is 8.51. The summed E-state index contributed by atoms with van der Waals surface area (Å²) in [5.74, 6) is 0.383. The zero-order chi connectivity index (χ0) is 22.9. The van der Waals surface area contributed by atoms with Crippen molar-refractivity contribution in [2.75, 3.05) is 20.3 Å². The number of benzene rings is 2. The van der Waals surface area contributed by atoms with E-state index in [-0.39, 0.29) is 24.7 Å². The Kier molecular flexibility index (Phi) is 5.39. The molecule has 0 aliphatic carbocycles. The lowest BCUT2D eigenvalue weighted by Gasteiger charge is -2.20. The molecular formula is C24H23N5O4. The van der Waals surface area contributed by atoms with E-state index in [4.69, 9.17) is 9.47 Å². The minimum absolute atomic E-state index is 0.264. The Hall–Kier alpha value is -3.98. The molecule has 2 atom stereocenters. The van der Waals surface area contributed by atoms with Crippen LogP contribution in [0, 0.1) is 0 Å². The van der Waals surface area contributed by atoms with Crippen molar-refractivity contribution in [3.8, 4) is 17.0 Å². The number of aryl methyl sites for hydroxylation is 1. The Balaban J connectivity index is 1.44. The maximum absolute atomic E-state index is 13.1. The van der Waals surface area contributed by atoms with E-state index in [0.717, 1.165) is 16.5 Å². The Morgan fingerprint density at radius 3 is 2.79 bits per heavy atom. The highest BCUT2D eigenvalue weighted by molar-refractivity contribution is 6.05. The Bertz CT molecular complexity index is 1390. The van der Waals surface area contributed by atoms with Crippen molar-refractivity contribution < 1.29 is 14.3 Å². The number of hydrogen-bond acceptors (Lipinski definition) is 6.